The Hall–Kier alpha value is -1.47. The van der Waals surface area contributed by atoms with Gasteiger partial charge in [-0.05, 0) is 19.1 Å². The number of halogens is 1. The summed E-state index contributed by atoms with van der Waals surface area (Å²) in [6.45, 7) is 2.34. The first-order valence-electron chi connectivity index (χ1n) is 5.51. The molecule has 0 radical (unpaired) electrons. The van der Waals surface area contributed by atoms with Crippen LogP contribution in [0.5, 0.6) is 5.75 Å². The molecule has 19 heavy (non-hydrogen) atoms. The van der Waals surface area contributed by atoms with Gasteiger partial charge in [-0.3, -0.25) is 9.69 Å². The fourth-order valence-electron chi connectivity index (χ4n) is 1.57. The molecule has 1 amide bonds. The quantitative estimate of drug-likeness (QED) is 0.487. The van der Waals surface area contributed by atoms with Gasteiger partial charge in [0.05, 0.1) is 18.2 Å². The highest BCUT2D eigenvalue weighted by Gasteiger charge is 2.30. The Kier molecular flexibility index (Phi) is 4.16. The minimum atomic E-state index is -0.650. The molecule has 1 aliphatic heterocycles. The SMILES string of the molecule is CCN1C(=O)/C(=C/c2cc(OC)cnc2F)SC1=S. The van der Waals surface area contributed by atoms with Gasteiger partial charge in [-0.1, -0.05) is 24.0 Å². The Bertz CT molecular complexity index is 575. The molecule has 1 saturated heterocycles. The maximum Gasteiger partial charge on any atom is 0.266 e. The molecule has 0 aliphatic carbocycles. The minimum absolute atomic E-state index is 0.205. The van der Waals surface area contributed by atoms with Gasteiger partial charge in [0.15, 0.2) is 0 Å². The summed E-state index contributed by atoms with van der Waals surface area (Å²) in [5.41, 5.74) is 0.205. The molecule has 100 valence electrons. The van der Waals surface area contributed by atoms with Gasteiger partial charge in [-0.15, -0.1) is 0 Å². The molecule has 2 rings (SSSR count). The van der Waals surface area contributed by atoms with E-state index in [1.165, 1.54) is 30.3 Å². The molecule has 1 fully saturated rings. The second-order valence-corrected chi connectivity index (χ2v) is 5.36. The third-order valence-electron chi connectivity index (χ3n) is 2.55. The van der Waals surface area contributed by atoms with E-state index in [-0.39, 0.29) is 11.5 Å². The molecule has 1 aliphatic rings. The summed E-state index contributed by atoms with van der Waals surface area (Å²) < 4.78 is 19.0. The van der Waals surface area contributed by atoms with Crippen molar-refractivity contribution in [2.75, 3.05) is 13.7 Å². The molecular formula is C12H11FN2O2S2. The van der Waals surface area contributed by atoms with Crippen molar-refractivity contribution in [3.8, 4) is 5.75 Å². The van der Waals surface area contributed by atoms with Gasteiger partial charge in [0.25, 0.3) is 5.91 Å². The number of pyridine rings is 1. The molecule has 1 aromatic rings. The molecule has 0 saturated carbocycles. The number of thioether (sulfide) groups is 1. The van der Waals surface area contributed by atoms with Gasteiger partial charge < -0.3 is 4.74 Å². The summed E-state index contributed by atoms with van der Waals surface area (Å²) in [6, 6.07) is 1.49. The average molecular weight is 298 g/mol. The number of carbonyl (C=O) groups excluding carboxylic acids is 1. The summed E-state index contributed by atoms with van der Waals surface area (Å²) in [5.74, 6) is -0.430. The molecule has 1 aromatic heterocycles. The summed E-state index contributed by atoms with van der Waals surface area (Å²) in [7, 11) is 1.47. The minimum Gasteiger partial charge on any atom is -0.495 e. The first kappa shape index (κ1) is 14.0. The lowest BCUT2D eigenvalue weighted by Crippen LogP contribution is -2.27. The molecule has 0 spiro atoms. The van der Waals surface area contributed by atoms with Crippen molar-refractivity contribution < 1.29 is 13.9 Å². The average Bonchev–Trinajstić information content (AvgIpc) is 2.66. The van der Waals surface area contributed by atoms with E-state index in [2.05, 4.69) is 4.98 Å². The highest BCUT2D eigenvalue weighted by atomic mass is 32.2. The van der Waals surface area contributed by atoms with E-state index in [1.807, 2.05) is 6.92 Å². The fraction of sp³-hybridized carbons (Fsp3) is 0.250. The Morgan fingerprint density at radius 2 is 2.37 bits per heavy atom. The second-order valence-electron chi connectivity index (χ2n) is 3.68. The van der Waals surface area contributed by atoms with E-state index in [0.29, 0.717) is 21.5 Å². The maximum atomic E-state index is 13.6. The van der Waals surface area contributed by atoms with Crippen LogP contribution in [0.2, 0.25) is 0 Å². The number of ether oxygens (including phenoxy) is 1. The van der Waals surface area contributed by atoms with E-state index in [4.69, 9.17) is 17.0 Å². The molecule has 7 heteroatoms. The number of hydrogen-bond acceptors (Lipinski definition) is 5. The lowest BCUT2D eigenvalue weighted by Gasteiger charge is -2.09. The van der Waals surface area contributed by atoms with Gasteiger partial charge in [-0.25, -0.2) is 4.98 Å². The van der Waals surface area contributed by atoms with Gasteiger partial charge in [0, 0.05) is 12.1 Å². The zero-order chi connectivity index (χ0) is 14.0. The van der Waals surface area contributed by atoms with Crippen molar-refractivity contribution in [3.63, 3.8) is 0 Å². The Morgan fingerprint density at radius 3 is 2.95 bits per heavy atom. The predicted octanol–water partition coefficient (Wildman–Crippen LogP) is 2.45. The van der Waals surface area contributed by atoms with E-state index >= 15 is 0 Å². The van der Waals surface area contributed by atoms with Gasteiger partial charge in [0.2, 0.25) is 5.95 Å². The molecular weight excluding hydrogens is 287 g/mol. The first-order chi connectivity index (χ1) is 9.06. The van der Waals surface area contributed by atoms with E-state index < -0.39 is 5.95 Å². The predicted molar refractivity (Wildman–Crippen MR) is 76.3 cm³/mol. The molecule has 0 bridgehead atoms. The zero-order valence-corrected chi connectivity index (χ0v) is 12.0. The van der Waals surface area contributed by atoms with Crippen molar-refractivity contribution in [2.24, 2.45) is 0 Å². The molecule has 0 aromatic carbocycles. The highest BCUT2D eigenvalue weighted by Crippen LogP contribution is 2.32. The number of likely N-dealkylation sites (N-methyl/N-ethyl adjacent to an activating group) is 1. The topological polar surface area (TPSA) is 42.4 Å². The molecule has 4 nitrogen and oxygen atoms in total. The van der Waals surface area contributed by atoms with Crippen LogP contribution in [0, 0.1) is 5.95 Å². The van der Waals surface area contributed by atoms with Gasteiger partial charge in [-0.2, -0.15) is 4.39 Å². The molecule has 0 N–H and O–H groups in total. The number of aromatic nitrogens is 1. The first-order valence-corrected chi connectivity index (χ1v) is 6.74. The third kappa shape index (κ3) is 2.76. The van der Waals surface area contributed by atoms with Crippen LogP contribution < -0.4 is 4.74 Å². The Labute approximate surface area is 119 Å². The summed E-state index contributed by atoms with van der Waals surface area (Å²) in [4.78, 5) is 17.4. The van der Waals surface area contributed by atoms with Crippen LogP contribution in [0.15, 0.2) is 17.2 Å². The fourth-order valence-corrected chi connectivity index (χ4v) is 2.95. The second kappa shape index (κ2) is 5.66. The lowest BCUT2D eigenvalue weighted by atomic mass is 10.2. The van der Waals surface area contributed by atoms with Crippen molar-refractivity contribution in [1.29, 1.82) is 0 Å². The maximum absolute atomic E-state index is 13.6. The standard InChI is InChI=1S/C12H11FN2O2S2/c1-3-15-11(16)9(19-12(15)18)5-7-4-8(17-2)6-14-10(7)13/h4-6H,3H2,1-2H3/b9-5-. The largest absolute Gasteiger partial charge is 0.495 e. The van der Waals surface area contributed by atoms with Crippen molar-refractivity contribution in [2.45, 2.75) is 6.92 Å². The summed E-state index contributed by atoms with van der Waals surface area (Å²) in [5, 5.41) is 0. The third-order valence-corrected chi connectivity index (χ3v) is 3.93. The Balaban J connectivity index is 2.37. The van der Waals surface area contributed by atoms with Crippen molar-refractivity contribution in [3.05, 3.63) is 28.7 Å². The molecule has 2 heterocycles. The summed E-state index contributed by atoms with van der Waals surface area (Å²) in [6.07, 6.45) is 2.73. The number of carbonyl (C=O) groups is 1. The molecule has 0 atom stereocenters. The van der Waals surface area contributed by atoms with E-state index in [0.717, 1.165) is 11.8 Å². The van der Waals surface area contributed by atoms with Gasteiger partial charge in [0.1, 0.15) is 10.1 Å². The lowest BCUT2D eigenvalue weighted by molar-refractivity contribution is -0.121. The van der Waals surface area contributed by atoms with E-state index in [9.17, 15) is 9.18 Å². The van der Waals surface area contributed by atoms with Crippen LogP contribution in [0.25, 0.3) is 6.08 Å². The number of thiocarbonyl (C=S) groups is 1. The molecule has 0 unspecified atom stereocenters. The van der Waals surface area contributed by atoms with Crippen LogP contribution in [0.3, 0.4) is 0 Å². The number of nitrogens with zero attached hydrogens (tertiary/aromatic N) is 2. The van der Waals surface area contributed by atoms with Crippen LogP contribution in [-0.4, -0.2) is 33.8 Å². The van der Waals surface area contributed by atoms with Crippen LogP contribution in [0.1, 0.15) is 12.5 Å². The van der Waals surface area contributed by atoms with Crippen LogP contribution >= 0.6 is 24.0 Å². The monoisotopic (exact) mass is 298 g/mol. The number of rotatable bonds is 3. The summed E-state index contributed by atoms with van der Waals surface area (Å²) >= 11 is 6.24. The zero-order valence-electron chi connectivity index (χ0n) is 10.3. The van der Waals surface area contributed by atoms with Gasteiger partial charge >= 0.3 is 0 Å². The number of hydrogen-bond donors (Lipinski definition) is 0. The van der Waals surface area contributed by atoms with Crippen LogP contribution in [0.4, 0.5) is 4.39 Å². The normalized spacial score (nSPS) is 17.4. The van der Waals surface area contributed by atoms with Crippen LogP contribution in [-0.2, 0) is 4.79 Å². The smallest absolute Gasteiger partial charge is 0.266 e. The van der Waals surface area contributed by atoms with Crippen molar-refractivity contribution in [1.82, 2.24) is 9.88 Å². The van der Waals surface area contributed by atoms with E-state index in [1.54, 1.807) is 0 Å². The Morgan fingerprint density at radius 1 is 1.63 bits per heavy atom. The highest BCUT2D eigenvalue weighted by molar-refractivity contribution is 8.26. The van der Waals surface area contributed by atoms with Crippen molar-refractivity contribution >= 4 is 40.3 Å². The number of amides is 1. The number of methoxy groups -OCH3 is 1.